The van der Waals surface area contributed by atoms with Gasteiger partial charge in [-0.05, 0) is 42.9 Å². The van der Waals surface area contributed by atoms with Gasteiger partial charge in [0.05, 0.1) is 0 Å². The Kier molecular flexibility index (Phi) is 5.63. The molecular formula is C14H23BrN2. The SMILES string of the molecule is CCC(C)CC(NN)c1cc(C)c(Br)c(C)c1. The van der Waals surface area contributed by atoms with Crippen LogP contribution in [0.5, 0.6) is 0 Å². The average Bonchev–Trinajstić information content (AvgIpc) is 2.31. The predicted molar refractivity (Wildman–Crippen MR) is 77.8 cm³/mol. The van der Waals surface area contributed by atoms with Gasteiger partial charge in [-0.3, -0.25) is 11.3 Å². The second-order valence-corrected chi connectivity index (χ2v) is 5.73. The molecule has 0 saturated heterocycles. The summed E-state index contributed by atoms with van der Waals surface area (Å²) in [6.45, 7) is 8.73. The third kappa shape index (κ3) is 3.80. The van der Waals surface area contributed by atoms with Gasteiger partial charge in [0.25, 0.3) is 0 Å². The number of hydrogen-bond donors (Lipinski definition) is 2. The van der Waals surface area contributed by atoms with Crippen LogP contribution in [-0.4, -0.2) is 0 Å². The smallest absolute Gasteiger partial charge is 0.0462 e. The highest BCUT2D eigenvalue weighted by atomic mass is 79.9. The molecule has 0 aliphatic carbocycles. The molecular weight excluding hydrogens is 276 g/mol. The van der Waals surface area contributed by atoms with Crippen molar-refractivity contribution in [2.24, 2.45) is 11.8 Å². The fourth-order valence-corrected chi connectivity index (χ4v) is 2.28. The van der Waals surface area contributed by atoms with Crippen molar-refractivity contribution in [3.63, 3.8) is 0 Å². The lowest BCUT2D eigenvalue weighted by Crippen LogP contribution is -2.29. The van der Waals surface area contributed by atoms with Gasteiger partial charge < -0.3 is 0 Å². The van der Waals surface area contributed by atoms with Crippen LogP contribution in [-0.2, 0) is 0 Å². The van der Waals surface area contributed by atoms with Gasteiger partial charge in [0, 0.05) is 10.5 Å². The van der Waals surface area contributed by atoms with E-state index in [4.69, 9.17) is 5.84 Å². The molecule has 0 fully saturated rings. The van der Waals surface area contributed by atoms with Gasteiger partial charge in [-0.25, -0.2) is 0 Å². The van der Waals surface area contributed by atoms with E-state index in [0.717, 1.165) is 6.42 Å². The fourth-order valence-electron chi connectivity index (χ4n) is 2.05. The van der Waals surface area contributed by atoms with Gasteiger partial charge >= 0.3 is 0 Å². The lowest BCUT2D eigenvalue weighted by molar-refractivity contribution is 0.407. The third-order valence-electron chi connectivity index (χ3n) is 3.40. The number of nitrogens with two attached hydrogens (primary N) is 1. The Bertz CT molecular complexity index is 353. The zero-order chi connectivity index (χ0) is 13.0. The van der Waals surface area contributed by atoms with E-state index >= 15 is 0 Å². The zero-order valence-corrected chi connectivity index (χ0v) is 12.8. The van der Waals surface area contributed by atoms with Crippen LogP contribution in [0.3, 0.4) is 0 Å². The lowest BCUT2D eigenvalue weighted by Gasteiger charge is -2.21. The summed E-state index contributed by atoms with van der Waals surface area (Å²) in [6.07, 6.45) is 2.26. The first-order chi connectivity index (χ1) is 7.99. The van der Waals surface area contributed by atoms with E-state index < -0.39 is 0 Å². The molecule has 0 saturated carbocycles. The molecule has 3 N–H and O–H groups in total. The molecule has 0 spiro atoms. The van der Waals surface area contributed by atoms with E-state index in [1.807, 2.05) is 0 Å². The third-order valence-corrected chi connectivity index (χ3v) is 4.65. The maximum absolute atomic E-state index is 5.68. The molecule has 1 rings (SSSR count). The minimum atomic E-state index is 0.246. The molecule has 0 bridgehead atoms. The molecule has 0 aliphatic rings. The first kappa shape index (κ1) is 14.7. The Morgan fingerprint density at radius 3 is 2.24 bits per heavy atom. The van der Waals surface area contributed by atoms with Gasteiger partial charge in [0.2, 0.25) is 0 Å². The van der Waals surface area contributed by atoms with Crippen LogP contribution in [0.4, 0.5) is 0 Å². The lowest BCUT2D eigenvalue weighted by atomic mass is 9.93. The van der Waals surface area contributed by atoms with E-state index in [0.29, 0.717) is 5.92 Å². The molecule has 3 heteroatoms. The molecule has 2 atom stereocenters. The normalized spacial score (nSPS) is 14.7. The average molecular weight is 299 g/mol. The maximum atomic E-state index is 5.68. The van der Waals surface area contributed by atoms with Gasteiger partial charge in [0.1, 0.15) is 0 Å². The highest BCUT2D eigenvalue weighted by Gasteiger charge is 2.14. The van der Waals surface area contributed by atoms with Crippen molar-refractivity contribution < 1.29 is 0 Å². The van der Waals surface area contributed by atoms with Crippen LogP contribution in [0.1, 0.15) is 49.4 Å². The van der Waals surface area contributed by atoms with Crippen molar-refractivity contribution in [3.05, 3.63) is 33.3 Å². The van der Waals surface area contributed by atoms with E-state index in [2.05, 4.69) is 61.2 Å². The Balaban J connectivity index is 2.96. The first-order valence-corrected chi connectivity index (χ1v) is 7.01. The van der Waals surface area contributed by atoms with Crippen molar-refractivity contribution in [2.45, 2.75) is 46.6 Å². The summed E-state index contributed by atoms with van der Waals surface area (Å²) in [5.74, 6) is 6.37. The van der Waals surface area contributed by atoms with Crippen LogP contribution in [0.25, 0.3) is 0 Å². The molecule has 96 valence electrons. The Morgan fingerprint density at radius 1 is 1.29 bits per heavy atom. The first-order valence-electron chi connectivity index (χ1n) is 6.22. The monoisotopic (exact) mass is 298 g/mol. The molecule has 1 aromatic rings. The summed E-state index contributed by atoms with van der Waals surface area (Å²) in [6, 6.07) is 4.67. The molecule has 2 unspecified atom stereocenters. The van der Waals surface area contributed by atoms with Crippen LogP contribution >= 0.6 is 15.9 Å². The minimum absolute atomic E-state index is 0.246. The number of hydrogen-bond acceptors (Lipinski definition) is 2. The topological polar surface area (TPSA) is 38.0 Å². The van der Waals surface area contributed by atoms with Crippen molar-refractivity contribution >= 4 is 15.9 Å². The molecule has 0 aromatic heterocycles. The van der Waals surface area contributed by atoms with Crippen LogP contribution in [0, 0.1) is 19.8 Å². The van der Waals surface area contributed by atoms with E-state index in [-0.39, 0.29) is 6.04 Å². The number of rotatable bonds is 5. The molecule has 0 heterocycles. The molecule has 2 nitrogen and oxygen atoms in total. The number of hydrazine groups is 1. The van der Waals surface area contributed by atoms with Gasteiger partial charge in [0.15, 0.2) is 0 Å². The Morgan fingerprint density at radius 2 is 1.82 bits per heavy atom. The fraction of sp³-hybridized carbons (Fsp3) is 0.571. The Labute approximate surface area is 113 Å². The highest BCUT2D eigenvalue weighted by molar-refractivity contribution is 9.10. The van der Waals surface area contributed by atoms with Gasteiger partial charge in [-0.15, -0.1) is 0 Å². The minimum Gasteiger partial charge on any atom is -0.271 e. The standard InChI is InChI=1S/C14H23BrN2/c1-5-9(2)6-13(17-16)12-7-10(3)14(15)11(4)8-12/h7-9,13,17H,5-6,16H2,1-4H3. The van der Waals surface area contributed by atoms with E-state index in [1.165, 1.54) is 27.6 Å². The number of aryl methyl sites for hydroxylation is 2. The van der Waals surface area contributed by atoms with Crippen LogP contribution in [0.2, 0.25) is 0 Å². The van der Waals surface area contributed by atoms with Crippen molar-refractivity contribution in [3.8, 4) is 0 Å². The number of halogens is 1. The van der Waals surface area contributed by atoms with E-state index in [1.54, 1.807) is 0 Å². The summed E-state index contributed by atoms with van der Waals surface area (Å²) in [5, 5.41) is 0. The second kappa shape index (κ2) is 6.53. The zero-order valence-electron chi connectivity index (χ0n) is 11.2. The summed E-state index contributed by atoms with van der Waals surface area (Å²) in [4.78, 5) is 0. The molecule has 0 amide bonds. The predicted octanol–water partition coefficient (Wildman–Crippen LogP) is 4.01. The highest BCUT2D eigenvalue weighted by Crippen LogP contribution is 2.28. The molecule has 0 radical (unpaired) electrons. The van der Waals surface area contributed by atoms with Crippen molar-refractivity contribution in [1.82, 2.24) is 5.43 Å². The second-order valence-electron chi connectivity index (χ2n) is 4.94. The van der Waals surface area contributed by atoms with E-state index in [9.17, 15) is 0 Å². The van der Waals surface area contributed by atoms with Crippen LogP contribution in [0.15, 0.2) is 16.6 Å². The molecule has 17 heavy (non-hydrogen) atoms. The Hall–Kier alpha value is -0.380. The quantitative estimate of drug-likeness (QED) is 0.637. The van der Waals surface area contributed by atoms with Crippen LogP contribution < -0.4 is 11.3 Å². The summed E-state index contributed by atoms with van der Waals surface area (Å²) < 4.78 is 1.19. The summed E-state index contributed by atoms with van der Waals surface area (Å²) >= 11 is 3.60. The summed E-state index contributed by atoms with van der Waals surface area (Å²) in [7, 11) is 0. The van der Waals surface area contributed by atoms with Gasteiger partial charge in [-0.2, -0.15) is 0 Å². The van der Waals surface area contributed by atoms with Crippen molar-refractivity contribution in [1.29, 1.82) is 0 Å². The molecule has 0 aliphatic heterocycles. The maximum Gasteiger partial charge on any atom is 0.0462 e. The number of benzene rings is 1. The number of nitrogens with one attached hydrogen (secondary N) is 1. The summed E-state index contributed by atoms with van der Waals surface area (Å²) in [5.41, 5.74) is 6.76. The molecule has 1 aromatic carbocycles. The largest absolute Gasteiger partial charge is 0.271 e. The van der Waals surface area contributed by atoms with Gasteiger partial charge in [-0.1, -0.05) is 48.3 Å². The van der Waals surface area contributed by atoms with Crippen molar-refractivity contribution in [2.75, 3.05) is 0 Å².